The number of rotatable bonds is 7. The summed E-state index contributed by atoms with van der Waals surface area (Å²) in [7, 11) is 0. The minimum absolute atomic E-state index is 0.0890. The van der Waals surface area contributed by atoms with Crippen molar-refractivity contribution in [3.8, 4) is 0 Å². The summed E-state index contributed by atoms with van der Waals surface area (Å²) in [6, 6.07) is 0. The molecule has 0 saturated heterocycles. The number of hydrogen-bond donors (Lipinski definition) is 1. The molecule has 1 nitrogen and oxygen atoms in total. The lowest BCUT2D eigenvalue weighted by Crippen LogP contribution is -2.36. The van der Waals surface area contributed by atoms with Crippen molar-refractivity contribution in [3.63, 3.8) is 0 Å². The number of halogens is 1. The van der Waals surface area contributed by atoms with E-state index in [9.17, 15) is 5.11 Å². The molecule has 86 valence electrons. The molecular formula is C12H25BrO. The molecule has 0 rings (SSSR count). The smallest absolute Gasteiger partial charge is 0.0470 e. The highest BCUT2D eigenvalue weighted by Gasteiger charge is 2.34. The summed E-state index contributed by atoms with van der Waals surface area (Å²) in [5, 5.41) is 9.21. The van der Waals surface area contributed by atoms with Gasteiger partial charge in [-0.2, -0.15) is 0 Å². The lowest BCUT2D eigenvalue weighted by Gasteiger charge is -2.36. The second-order valence-corrected chi connectivity index (χ2v) is 6.19. The Kier molecular flexibility index (Phi) is 7.05. The molecule has 0 fully saturated rings. The van der Waals surface area contributed by atoms with Crippen molar-refractivity contribution in [1.29, 1.82) is 0 Å². The predicted octanol–water partition coefficient (Wildman–Crippen LogP) is 3.98. The lowest BCUT2D eigenvalue weighted by atomic mass is 9.80. The van der Waals surface area contributed by atoms with E-state index in [2.05, 4.69) is 43.6 Å². The SMILES string of the molecule is CCCCC(CC)C(C)(Br)C(C)CO. The molecule has 0 aromatic carbocycles. The van der Waals surface area contributed by atoms with Crippen LogP contribution in [0.1, 0.15) is 53.4 Å². The van der Waals surface area contributed by atoms with Gasteiger partial charge in [0.2, 0.25) is 0 Å². The van der Waals surface area contributed by atoms with Gasteiger partial charge in [-0.15, -0.1) is 0 Å². The molecule has 0 bridgehead atoms. The van der Waals surface area contributed by atoms with Crippen LogP contribution in [0.5, 0.6) is 0 Å². The standard InChI is InChI=1S/C12H25BrO/c1-5-7-8-11(6-2)12(4,13)10(3)9-14/h10-11,14H,5-9H2,1-4H3. The molecule has 2 heteroatoms. The Morgan fingerprint density at radius 2 is 1.93 bits per heavy atom. The number of unbranched alkanes of at least 4 members (excludes halogenated alkanes) is 1. The number of aliphatic hydroxyl groups is 1. The topological polar surface area (TPSA) is 20.2 Å². The Morgan fingerprint density at radius 3 is 2.29 bits per heavy atom. The number of hydrogen-bond acceptors (Lipinski definition) is 1. The zero-order valence-electron chi connectivity index (χ0n) is 10.0. The molecule has 0 aliphatic carbocycles. The average Bonchev–Trinajstić information content (AvgIpc) is 2.17. The first kappa shape index (κ1) is 14.4. The Hall–Kier alpha value is 0.440. The first-order valence-corrected chi connectivity index (χ1v) is 6.59. The highest BCUT2D eigenvalue weighted by Crippen LogP contribution is 2.39. The Labute approximate surface area is 97.4 Å². The van der Waals surface area contributed by atoms with E-state index in [0.717, 1.165) is 0 Å². The lowest BCUT2D eigenvalue weighted by molar-refractivity contribution is 0.176. The average molecular weight is 265 g/mol. The van der Waals surface area contributed by atoms with Crippen molar-refractivity contribution in [1.82, 2.24) is 0 Å². The molecule has 1 N–H and O–H groups in total. The van der Waals surface area contributed by atoms with Gasteiger partial charge in [0.05, 0.1) is 0 Å². The summed E-state index contributed by atoms with van der Waals surface area (Å²) in [4.78, 5) is 0. The van der Waals surface area contributed by atoms with Crippen molar-refractivity contribution in [2.75, 3.05) is 6.61 Å². The highest BCUT2D eigenvalue weighted by molar-refractivity contribution is 9.10. The van der Waals surface area contributed by atoms with E-state index in [1.54, 1.807) is 0 Å². The largest absolute Gasteiger partial charge is 0.396 e. The Bertz CT molecular complexity index is 145. The van der Waals surface area contributed by atoms with Crippen molar-refractivity contribution in [3.05, 3.63) is 0 Å². The molecule has 0 spiro atoms. The van der Waals surface area contributed by atoms with Crippen LogP contribution in [0.3, 0.4) is 0 Å². The molecule has 0 aliphatic heterocycles. The van der Waals surface area contributed by atoms with Gasteiger partial charge < -0.3 is 5.11 Å². The quantitative estimate of drug-likeness (QED) is 0.690. The third-order valence-corrected chi connectivity index (χ3v) is 4.86. The van der Waals surface area contributed by atoms with Gasteiger partial charge in [-0.05, 0) is 25.2 Å². The van der Waals surface area contributed by atoms with E-state index in [4.69, 9.17) is 0 Å². The van der Waals surface area contributed by atoms with E-state index in [1.807, 2.05) is 0 Å². The number of aliphatic hydroxyl groups excluding tert-OH is 1. The van der Waals surface area contributed by atoms with E-state index in [-0.39, 0.29) is 10.9 Å². The van der Waals surface area contributed by atoms with Gasteiger partial charge in [0, 0.05) is 10.9 Å². The summed E-state index contributed by atoms with van der Waals surface area (Å²) in [6.45, 7) is 9.07. The molecular weight excluding hydrogens is 240 g/mol. The second kappa shape index (κ2) is 6.84. The predicted molar refractivity (Wildman–Crippen MR) is 66.9 cm³/mol. The summed E-state index contributed by atoms with van der Waals surface area (Å²) >= 11 is 3.80. The molecule has 0 aliphatic rings. The fraction of sp³-hybridized carbons (Fsp3) is 1.00. The maximum Gasteiger partial charge on any atom is 0.0470 e. The van der Waals surface area contributed by atoms with Crippen LogP contribution < -0.4 is 0 Å². The molecule has 3 atom stereocenters. The van der Waals surface area contributed by atoms with Crippen LogP contribution in [0, 0.1) is 11.8 Å². The van der Waals surface area contributed by atoms with Gasteiger partial charge in [-0.1, -0.05) is 56.0 Å². The third-order valence-electron chi connectivity index (χ3n) is 3.43. The summed E-state index contributed by atoms with van der Waals surface area (Å²) in [6.07, 6.45) is 5.00. The number of alkyl halides is 1. The van der Waals surface area contributed by atoms with Gasteiger partial charge in [0.25, 0.3) is 0 Å². The maximum atomic E-state index is 9.21. The van der Waals surface area contributed by atoms with Crippen LogP contribution in [0.4, 0.5) is 0 Å². The van der Waals surface area contributed by atoms with Crippen LogP contribution in [0.2, 0.25) is 0 Å². The Balaban J connectivity index is 4.31. The van der Waals surface area contributed by atoms with Crippen molar-refractivity contribution >= 4 is 15.9 Å². The van der Waals surface area contributed by atoms with Crippen LogP contribution in [0.25, 0.3) is 0 Å². The Morgan fingerprint density at radius 1 is 1.36 bits per heavy atom. The highest BCUT2D eigenvalue weighted by atomic mass is 79.9. The molecule has 0 aromatic heterocycles. The van der Waals surface area contributed by atoms with Crippen molar-refractivity contribution in [2.24, 2.45) is 11.8 Å². The minimum Gasteiger partial charge on any atom is -0.396 e. The van der Waals surface area contributed by atoms with Gasteiger partial charge in [-0.3, -0.25) is 0 Å². The molecule has 0 saturated carbocycles. The van der Waals surface area contributed by atoms with Crippen LogP contribution >= 0.6 is 15.9 Å². The molecule has 14 heavy (non-hydrogen) atoms. The molecule has 0 radical (unpaired) electrons. The molecule has 0 heterocycles. The van der Waals surface area contributed by atoms with Crippen molar-refractivity contribution < 1.29 is 5.11 Å². The maximum absolute atomic E-state index is 9.21. The van der Waals surface area contributed by atoms with Gasteiger partial charge in [-0.25, -0.2) is 0 Å². The monoisotopic (exact) mass is 264 g/mol. The fourth-order valence-corrected chi connectivity index (χ4v) is 2.61. The summed E-state index contributed by atoms with van der Waals surface area (Å²) in [5.41, 5.74) is 0. The van der Waals surface area contributed by atoms with Crippen LogP contribution in [-0.4, -0.2) is 16.0 Å². The first-order valence-electron chi connectivity index (χ1n) is 5.80. The second-order valence-electron chi connectivity index (χ2n) is 4.48. The van der Waals surface area contributed by atoms with Gasteiger partial charge in [0.1, 0.15) is 0 Å². The first-order chi connectivity index (χ1) is 6.50. The molecule has 0 aromatic rings. The molecule has 0 amide bonds. The van der Waals surface area contributed by atoms with Crippen LogP contribution in [0.15, 0.2) is 0 Å². The zero-order valence-corrected chi connectivity index (χ0v) is 11.6. The third kappa shape index (κ3) is 3.90. The van der Waals surface area contributed by atoms with E-state index in [0.29, 0.717) is 11.8 Å². The van der Waals surface area contributed by atoms with E-state index in [1.165, 1.54) is 25.7 Å². The minimum atomic E-state index is 0.0890. The van der Waals surface area contributed by atoms with Crippen molar-refractivity contribution in [2.45, 2.75) is 57.7 Å². The van der Waals surface area contributed by atoms with Crippen LogP contribution in [-0.2, 0) is 0 Å². The zero-order chi connectivity index (χ0) is 11.2. The van der Waals surface area contributed by atoms with E-state index >= 15 is 0 Å². The summed E-state index contributed by atoms with van der Waals surface area (Å²) in [5.74, 6) is 0.994. The molecule has 3 unspecified atom stereocenters. The normalized spacial score (nSPS) is 20.1. The fourth-order valence-electron chi connectivity index (χ4n) is 1.92. The van der Waals surface area contributed by atoms with Gasteiger partial charge >= 0.3 is 0 Å². The van der Waals surface area contributed by atoms with E-state index < -0.39 is 0 Å². The summed E-state index contributed by atoms with van der Waals surface area (Å²) < 4.78 is 0.0890. The van der Waals surface area contributed by atoms with Gasteiger partial charge in [0.15, 0.2) is 0 Å².